The fourth-order valence-electron chi connectivity index (χ4n) is 2.17. The summed E-state index contributed by atoms with van der Waals surface area (Å²) in [6.45, 7) is 0.598. The Morgan fingerprint density at radius 3 is 2.95 bits per heavy atom. The van der Waals surface area contributed by atoms with Gasteiger partial charge in [-0.05, 0) is 24.5 Å². The first-order chi connectivity index (χ1) is 9.66. The molecular formula is C13H14N4O3. The van der Waals surface area contributed by atoms with Crippen LogP contribution in [0, 0.1) is 16.0 Å². The molecule has 1 N–H and O–H groups in total. The van der Waals surface area contributed by atoms with E-state index in [9.17, 15) is 14.9 Å². The first-order valence-electron chi connectivity index (χ1n) is 6.56. The van der Waals surface area contributed by atoms with Gasteiger partial charge in [0.15, 0.2) is 0 Å². The molecule has 1 saturated carbocycles. The normalized spacial score (nSPS) is 14.4. The van der Waals surface area contributed by atoms with E-state index in [4.69, 9.17) is 0 Å². The molecule has 1 aliphatic carbocycles. The molecule has 0 radical (unpaired) electrons. The summed E-state index contributed by atoms with van der Waals surface area (Å²) >= 11 is 0. The smallest absolute Gasteiger partial charge is 0.364 e. The summed E-state index contributed by atoms with van der Waals surface area (Å²) in [6, 6.07) is 5.03. The maximum atomic E-state index is 12.1. The van der Waals surface area contributed by atoms with Gasteiger partial charge in [0, 0.05) is 12.7 Å². The molecule has 7 heteroatoms. The average molecular weight is 274 g/mol. The van der Waals surface area contributed by atoms with Gasteiger partial charge >= 0.3 is 11.2 Å². The van der Waals surface area contributed by atoms with Crippen molar-refractivity contribution in [1.29, 1.82) is 0 Å². The number of anilines is 1. The van der Waals surface area contributed by atoms with Gasteiger partial charge in [0.1, 0.15) is 5.65 Å². The molecule has 2 aromatic heterocycles. The number of pyridine rings is 1. The van der Waals surface area contributed by atoms with Crippen LogP contribution in [0.4, 0.5) is 11.5 Å². The highest BCUT2D eigenvalue weighted by atomic mass is 16.6. The Hall–Kier alpha value is -2.44. The topological polar surface area (TPSA) is 89.5 Å². The highest BCUT2D eigenvalue weighted by Crippen LogP contribution is 2.32. The summed E-state index contributed by atoms with van der Waals surface area (Å²) in [4.78, 5) is 26.8. The number of hydrogen-bond acceptors (Lipinski definition) is 5. The van der Waals surface area contributed by atoms with Crippen molar-refractivity contribution >= 4 is 17.2 Å². The molecule has 2 aromatic rings. The van der Waals surface area contributed by atoms with E-state index in [2.05, 4.69) is 10.3 Å². The van der Waals surface area contributed by atoms with Crippen molar-refractivity contribution < 1.29 is 4.92 Å². The molecule has 0 aromatic carbocycles. The summed E-state index contributed by atoms with van der Waals surface area (Å²) < 4.78 is 1.18. The van der Waals surface area contributed by atoms with Crippen LogP contribution >= 0.6 is 0 Å². The summed E-state index contributed by atoms with van der Waals surface area (Å²) in [5.41, 5.74) is -0.754. The first-order valence-corrected chi connectivity index (χ1v) is 6.56. The van der Waals surface area contributed by atoms with Crippen LogP contribution < -0.4 is 10.9 Å². The van der Waals surface area contributed by atoms with Gasteiger partial charge in [-0.1, -0.05) is 18.9 Å². The third-order valence-electron chi connectivity index (χ3n) is 3.43. The number of hydrogen-bond donors (Lipinski definition) is 1. The fourth-order valence-corrected chi connectivity index (χ4v) is 2.17. The minimum absolute atomic E-state index is 0.0619. The zero-order valence-electron chi connectivity index (χ0n) is 10.8. The lowest BCUT2D eigenvalue weighted by Crippen LogP contribution is -2.21. The molecular weight excluding hydrogens is 260 g/mol. The van der Waals surface area contributed by atoms with Gasteiger partial charge < -0.3 is 5.32 Å². The van der Waals surface area contributed by atoms with Crippen molar-refractivity contribution in [3.05, 3.63) is 44.9 Å². The van der Waals surface area contributed by atoms with Crippen LogP contribution in [-0.2, 0) is 0 Å². The molecule has 7 nitrogen and oxygen atoms in total. The van der Waals surface area contributed by atoms with E-state index in [0.717, 1.165) is 6.42 Å². The molecule has 0 amide bonds. The van der Waals surface area contributed by atoms with Gasteiger partial charge in [-0.2, -0.15) is 0 Å². The van der Waals surface area contributed by atoms with Gasteiger partial charge in [-0.25, -0.2) is 4.98 Å². The van der Waals surface area contributed by atoms with Gasteiger partial charge in [-0.15, -0.1) is 0 Å². The van der Waals surface area contributed by atoms with Crippen LogP contribution in [0.3, 0.4) is 0 Å². The Labute approximate surface area is 114 Å². The van der Waals surface area contributed by atoms with E-state index in [1.807, 2.05) is 0 Å². The van der Waals surface area contributed by atoms with Crippen molar-refractivity contribution in [2.24, 2.45) is 5.92 Å². The minimum atomic E-state index is -0.672. The van der Waals surface area contributed by atoms with Gasteiger partial charge in [-0.3, -0.25) is 19.3 Å². The van der Waals surface area contributed by atoms with E-state index in [1.54, 1.807) is 18.2 Å². The number of nitrogens with one attached hydrogen (secondary N) is 1. The summed E-state index contributed by atoms with van der Waals surface area (Å²) in [5.74, 6) is 0.773. The lowest BCUT2D eigenvalue weighted by atomic mass is 10.3. The lowest BCUT2D eigenvalue weighted by Gasteiger charge is -2.07. The SMILES string of the molecule is O=c1c([N+](=O)[O-])c(NCCC2CC2)nc2ccccn12. The molecule has 0 saturated heterocycles. The van der Waals surface area contributed by atoms with E-state index in [-0.39, 0.29) is 5.82 Å². The highest BCUT2D eigenvalue weighted by Gasteiger charge is 2.24. The van der Waals surface area contributed by atoms with Crippen molar-refractivity contribution in [3.63, 3.8) is 0 Å². The maximum Gasteiger partial charge on any atom is 0.376 e. The monoisotopic (exact) mass is 274 g/mol. The Balaban J connectivity index is 2.01. The number of nitrogens with zero attached hydrogens (tertiary/aromatic N) is 3. The van der Waals surface area contributed by atoms with Crippen molar-refractivity contribution in [3.8, 4) is 0 Å². The molecule has 1 aliphatic rings. The first kappa shape index (κ1) is 12.6. The molecule has 104 valence electrons. The maximum absolute atomic E-state index is 12.1. The second-order valence-electron chi connectivity index (χ2n) is 4.96. The summed E-state index contributed by atoms with van der Waals surface area (Å²) in [6.07, 6.45) is 4.87. The Kier molecular flexibility index (Phi) is 3.09. The number of nitro groups is 1. The Morgan fingerprint density at radius 2 is 2.25 bits per heavy atom. The third kappa shape index (κ3) is 2.34. The minimum Gasteiger partial charge on any atom is -0.364 e. The standard InChI is InChI=1S/C13H14N4O3/c18-13-11(17(19)20)12(14-7-6-9-4-5-9)15-10-3-1-2-8-16(10)13/h1-3,8-9,14H,4-7H2. The van der Waals surface area contributed by atoms with Crippen LogP contribution in [0.5, 0.6) is 0 Å². The van der Waals surface area contributed by atoms with Crippen LogP contribution in [-0.4, -0.2) is 20.9 Å². The predicted molar refractivity (Wildman–Crippen MR) is 73.9 cm³/mol. The molecule has 0 unspecified atom stereocenters. The van der Waals surface area contributed by atoms with Gasteiger partial charge in [0.25, 0.3) is 0 Å². The van der Waals surface area contributed by atoms with Crippen LogP contribution in [0.1, 0.15) is 19.3 Å². The quantitative estimate of drug-likeness (QED) is 0.663. The molecule has 20 heavy (non-hydrogen) atoms. The molecule has 0 aliphatic heterocycles. The third-order valence-corrected chi connectivity index (χ3v) is 3.43. The van der Waals surface area contributed by atoms with Crippen molar-refractivity contribution in [1.82, 2.24) is 9.38 Å². The van der Waals surface area contributed by atoms with E-state index < -0.39 is 16.2 Å². The van der Waals surface area contributed by atoms with Crippen molar-refractivity contribution in [2.45, 2.75) is 19.3 Å². The number of aromatic nitrogens is 2. The molecule has 3 rings (SSSR count). The van der Waals surface area contributed by atoms with Crippen LogP contribution in [0.15, 0.2) is 29.2 Å². The second-order valence-corrected chi connectivity index (χ2v) is 4.96. The molecule has 2 heterocycles. The zero-order chi connectivity index (χ0) is 14.1. The molecule has 0 bridgehead atoms. The molecule has 1 fully saturated rings. The number of rotatable bonds is 5. The van der Waals surface area contributed by atoms with Crippen molar-refractivity contribution in [2.75, 3.05) is 11.9 Å². The van der Waals surface area contributed by atoms with E-state index in [0.29, 0.717) is 18.1 Å². The van der Waals surface area contributed by atoms with Gasteiger partial charge in [0.05, 0.1) is 4.92 Å². The average Bonchev–Trinajstić information content (AvgIpc) is 3.22. The highest BCUT2D eigenvalue weighted by molar-refractivity contribution is 5.59. The summed E-state index contributed by atoms with van der Waals surface area (Å²) in [7, 11) is 0. The molecule has 0 spiro atoms. The Morgan fingerprint density at radius 1 is 1.45 bits per heavy atom. The largest absolute Gasteiger partial charge is 0.376 e. The van der Waals surface area contributed by atoms with Gasteiger partial charge in [0.2, 0.25) is 5.82 Å². The second kappa shape index (κ2) is 4.92. The van der Waals surface area contributed by atoms with Crippen LogP contribution in [0.25, 0.3) is 5.65 Å². The van der Waals surface area contributed by atoms with Crippen LogP contribution in [0.2, 0.25) is 0 Å². The lowest BCUT2D eigenvalue weighted by molar-refractivity contribution is -0.385. The van der Waals surface area contributed by atoms with E-state index >= 15 is 0 Å². The molecule has 0 atom stereocenters. The summed E-state index contributed by atoms with van der Waals surface area (Å²) in [5, 5.41) is 14.0. The number of fused-ring (bicyclic) bond motifs is 1. The van der Waals surface area contributed by atoms with E-state index in [1.165, 1.54) is 23.4 Å². The predicted octanol–water partition coefficient (Wildman–Crippen LogP) is 1.81. The fraction of sp³-hybridized carbons (Fsp3) is 0.385. The Bertz CT molecular complexity index is 721. The zero-order valence-corrected chi connectivity index (χ0v) is 10.8.